The van der Waals surface area contributed by atoms with Crippen LogP contribution in [0.25, 0.3) is 0 Å². The molecule has 32 heavy (non-hydrogen) atoms. The summed E-state index contributed by atoms with van der Waals surface area (Å²) in [7, 11) is 0. The van der Waals surface area contributed by atoms with Gasteiger partial charge in [0.1, 0.15) is 6.61 Å². The Hall–Kier alpha value is -1.88. The van der Waals surface area contributed by atoms with Crippen molar-refractivity contribution in [2.24, 2.45) is 0 Å². The standard InChI is InChI=1S/C27H44O5/c1-3-4-5-6-7-8-9-10-11-12-13-14-18-21-26(28)32-24(2)30-22-23-31-27(29)25-19-16-15-17-20-25/h15-17,19-20,24H,3-14,18,21-23H2,1-2H3. The van der Waals surface area contributed by atoms with Crippen LogP contribution in [0.1, 0.15) is 114 Å². The van der Waals surface area contributed by atoms with E-state index >= 15 is 0 Å². The van der Waals surface area contributed by atoms with Crippen molar-refractivity contribution in [2.75, 3.05) is 13.2 Å². The van der Waals surface area contributed by atoms with Crippen molar-refractivity contribution < 1.29 is 23.8 Å². The summed E-state index contributed by atoms with van der Waals surface area (Å²) in [6.45, 7) is 4.25. The molecule has 182 valence electrons. The van der Waals surface area contributed by atoms with E-state index in [0.717, 1.165) is 12.8 Å². The Kier molecular flexibility index (Phi) is 17.4. The van der Waals surface area contributed by atoms with Crippen molar-refractivity contribution in [1.82, 2.24) is 0 Å². The number of hydrogen-bond acceptors (Lipinski definition) is 5. The minimum Gasteiger partial charge on any atom is -0.460 e. The lowest BCUT2D eigenvalue weighted by Gasteiger charge is -2.14. The van der Waals surface area contributed by atoms with Crippen LogP contribution in [0, 0.1) is 0 Å². The largest absolute Gasteiger partial charge is 0.460 e. The van der Waals surface area contributed by atoms with Gasteiger partial charge in [0, 0.05) is 6.42 Å². The lowest BCUT2D eigenvalue weighted by atomic mass is 10.0. The maximum atomic E-state index is 11.9. The van der Waals surface area contributed by atoms with Gasteiger partial charge in [0.05, 0.1) is 12.2 Å². The third kappa shape index (κ3) is 15.9. The smallest absolute Gasteiger partial charge is 0.338 e. The predicted molar refractivity (Wildman–Crippen MR) is 129 cm³/mol. The van der Waals surface area contributed by atoms with Gasteiger partial charge in [-0.3, -0.25) is 4.79 Å². The number of esters is 2. The lowest BCUT2D eigenvalue weighted by Crippen LogP contribution is -2.21. The quantitative estimate of drug-likeness (QED) is 0.120. The van der Waals surface area contributed by atoms with E-state index in [4.69, 9.17) is 14.2 Å². The van der Waals surface area contributed by atoms with Crippen molar-refractivity contribution in [2.45, 2.75) is 110 Å². The molecule has 0 spiro atoms. The maximum Gasteiger partial charge on any atom is 0.338 e. The molecule has 0 aliphatic heterocycles. The molecule has 5 heteroatoms. The minimum atomic E-state index is -0.639. The van der Waals surface area contributed by atoms with E-state index in [1.807, 2.05) is 6.07 Å². The first-order chi connectivity index (χ1) is 15.6. The Morgan fingerprint density at radius 1 is 0.750 bits per heavy atom. The lowest BCUT2D eigenvalue weighted by molar-refractivity contribution is -0.176. The molecule has 0 aliphatic carbocycles. The topological polar surface area (TPSA) is 61.8 Å². The summed E-state index contributed by atoms with van der Waals surface area (Å²) in [5.41, 5.74) is 0.504. The molecule has 0 fully saturated rings. The number of benzene rings is 1. The number of rotatable bonds is 20. The molecule has 5 nitrogen and oxygen atoms in total. The monoisotopic (exact) mass is 448 g/mol. The third-order valence-electron chi connectivity index (χ3n) is 5.46. The van der Waals surface area contributed by atoms with Crippen LogP contribution in [0.2, 0.25) is 0 Å². The van der Waals surface area contributed by atoms with Gasteiger partial charge in [-0.05, 0) is 25.5 Å². The molecule has 0 saturated heterocycles. The summed E-state index contributed by atoms with van der Waals surface area (Å²) in [5.74, 6) is -0.622. The zero-order chi connectivity index (χ0) is 23.3. The normalized spacial score (nSPS) is 11.8. The highest BCUT2D eigenvalue weighted by molar-refractivity contribution is 5.89. The van der Waals surface area contributed by atoms with Gasteiger partial charge in [0.15, 0.2) is 6.29 Å². The molecule has 1 unspecified atom stereocenters. The zero-order valence-corrected chi connectivity index (χ0v) is 20.3. The molecule has 1 aromatic rings. The second-order valence-electron chi connectivity index (χ2n) is 8.42. The number of hydrogen-bond donors (Lipinski definition) is 0. The Labute approximate surface area is 195 Å². The third-order valence-corrected chi connectivity index (χ3v) is 5.46. The average Bonchev–Trinajstić information content (AvgIpc) is 2.80. The Bertz CT molecular complexity index is 587. The first kappa shape index (κ1) is 28.2. The van der Waals surface area contributed by atoms with Gasteiger partial charge in [-0.2, -0.15) is 0 Å². The fraction of sp³-hybridized carbons (Fsp3) is 0.704. The number of carbonyl (C=O) groups is 2. The second kappa shape index (κ2) is 19.8. The molecule has 0 radical (unpaired) electrons. The predicted octanol–water partition coefficient (Wildman–Crippen LogP) is 7.23. The van der Waals surface area contributed by atoms with E-state index in [9.17, 15) is 9.59 Å². The van der Waals surface area contributed by atoms with Gasteiger partial charge in [0.25, 0.3) is 0 Å². The molecular formula is C27H44O5. The first-order valence-electron chi connectivity index (χ1n) is 12.7. The van der Waals surface area contributed by atoms with Crippen molar-refractivity contribution in [1.29, 1.82) is 0 Å². The van der Waals surface area contributed by atoms with Crippen molar-refractivity contribution in [3.63, 3.8) is 0 Å². The number of carbonyl (C=O) groups excluding carboxylic acids is 2. The molecule has 0 amide bonds. The van der Waals surface area contributed by atoms with Crippen LogP contribution < -0.4 is 0 Å². The van der Waals surface area contributed by atoms with Gasteiger partial charge in [-0.15, -0.1) is 0 Å². The molecule has 0 N–H and O–H groups in total. The summed E-state index contributed by atoms with van der Waals surface area (Å²) in [5, 5.41) is 0. The molecule has 0 aliphatic rings. The van der Waals surface area contributed by atoms with Crippen LogP contribution in [0.15, 0.2) is 30.3 Å². The van der Waals surface area contributed by atoms with Crippen LogP contribution >= 0.6 is 0 Å². The van der Waals surface area contributed by atoms with E-state index in [1.165, 1.54) is 70.6 Å². The fourth-order valence-corrected chi connectivity index (χ4v) is 3.57. The van der Waals surface area contributed by atoms with Gasteiger partial charge in [-0.1, -0.05) is 102 Å². The summed E-state index contributed by atoms with van der Waals surface area (Å²) in [6.07, 6.45) is 16.4. The van der Waals surface area contributed by atoms with E-state index in [-0.39, 0.29) is 25.2 Å². The molecule has 1 rings (SSSR count). The van der Waals surface area contributed by atoms with E-state index in [1.54, 1.807) is 31.2 Å². The van der Waals surface area contributed by atoms with E-state index in [2.05, 4.69) is 6.92 Å². The van der Waals surface area contributed by atoms with Gasteiger partial charge in [-0.25, -0.2) is 4.79 Å². The molecule has 1 aromatic carbocycles. The molecule has 0 saturated carbocycles. The highest BCUT2D eigenvalue weighted by atomic mass is 16.7. The SMILES string of the molecule is CCCCCCCCCCCCCCCC(=O)OC(C)OCCOC(=O)c1ccccc1. The second-order valence-corrected chi connectivity index (χ2v) is 8.42. The number of unbranched alkanes of at least 4 members (excludes halogenated alkanes) is 12. The van der Waals surface area contributed by atoms with Crippen molar-refractivity contribution >= 4 is 11.9 Å². The van der Waals surface area contributed by atoms with Crippen LogP contribution in [0.3, 0.4) is 0 Å². The first-order valence-corrected chi connectivity index (χ1v) is 12.7. The summed E-state index contributed by atoms with van der Waals surface area (Å²) < 4.78 is 15.8. The van der Waals surface area contributed by atoms with Crippen LogP contribution in [-0.4, -0.2) is 31.4 Å². The summed E-state index contributed by atoms with van der Waals surface area (Å²) >= 11 is 0. The zero-order valence-electron chi connectivity index (χ0n) is 20.3. The minimum absolute atomic E-state index is 0.120. The molecule has 0 heterocycles. The summed E-state index contributed by atoms with van der Waals surface area (Å²) in [4.78, 5) is 23.7. The Morgan fingerprint density at radius 2 is 1.28 bits per heavy atom. The van der Waals surface area contributed by atoms with Crippen LogP contribution in [0.4, 0.5) is 0 Å². The maximum absolute atomic E-state index is 11.9. The van der Waals surface area contributed by atoms with Gasteiger partial charge >= 0.3 is 11.9 Å². The molecular weight excluding hydrogens is 404 g/mol. The van der Waals surface area contributed by atoms with Gasteiger partial charge in [0.2, 0.25) is 0 Å². The Morgan fingerprint density at radius 3 is 1.84 bits per heavy atom. The highest BCUT2D eigenvalue weighted by Gasteiger charge is 2.10. The van der Waals surface area contributed by atoms with Crippen LogP contribution in [-0.2, 0) is 19.0 Å². The average molecular weight is 449 g/mol. The molecule has 0 bridgehead atoms. The van der Waals surface area contributed by atoms with Crippen LogP contribution in [0.5, 0.6) is 0 Å². The highest BCUT2D eigenvalue weighted by Crippen LogP contribution is 2.13. The molecule has 1 atom stereocenters. The van der Waals surface area contributed by atoms with Crippen molar-refractivity contribution in [3.05, 3.63) is 35.9 Å². The fourth-order valence-electron chi connectivity index (χ4n) is 3.57. The Balaban J connectivity index is 1.88. The van der Waals surface area contributed by atoms with E-state index < -0.39 is 6.29 Å². The summed E-state index contributed by atoms with van der Waals surface area (Å²) in [6, 6.07) is 8.81. The van der Waals surface area contributed by atoms with Gasteiger partial charge < -0.3 is 14.2 Å². The molecule has 0 aromatic heterocycles. The van der Waals surface area contributed by atoms with E-state index in [0.29, 0.717) is 12.0 Å². The number of ether oxygens (including phenoxy) is 3. The van der Waals surface area contributed by atoms with Crippen molar-refractivity contribution in [3.8, 4) is 0 Å².